The molecule has 0 aromatic carbocycles. The van der Waals surface area contributed by atoms with Gasteiger partial charge in [-0.25, -0.2) is 4.98 Å². The zero-order valence-corrected chi connectivity index (χ0v) is 14.8. The fourth-order valence-electron chi connectivity index (χ4n) is 3.40. The van der Waals surface area contributed by atoms with Crippen molar-refractivity contribution in [3.8, 4) is 0 Å². The van der Waals surface area contributed by atoms with Gasteiger partial charge in [-0.2, -0.15) is 9.97 Å². The van der Waals surface area contributed by atoms with Crippen LogP contribution in [0, 0.1) is 13.8 Å². The molecule has 1 saturated heterocycles. The second-order valence-electron chi connectivity index (χ2n) is 7.32. The van der Waals surface area contributed by atoms with Gasteiger partial charge in [-0.05, 0) is 71.3 Å². The van der Waals surface area contributed by atoms with Crippen LogP contribution in [0.5, 0.6) is 0 Å². The monoisotopic (exact) mass is 326 g/mol. The van der Waals surface area contributed by atoms with Gasteiger partial charge >= 0.3 is 0 Å². The zero-order chi connectivity index (χ0) is 16.7. The summed E-state index contributed by atoms with van der Waals surface area (Å²) >= 11 is 0. The molecule has 2 aromatic rings. The van der Waals surface area contributed by atoms with Gasteiger partial charge in [-0.3, -0.25) is 0 Å². The Hall–Kier alpha value is -1.95. The first-order valence-electron chi connectivity index (χ1n) is 8.96. The van der Waals surface area contributed by atoms with E-state index < -0.39 is 0 Å². The summed E-state index contributed by atoms with van der Waals surface area (Å²) in [6.45, 7) is 6.37. The van der Waals surface area contributed by atoms with E-state index in [0.717, 1.165) is 48.5 Å². The standard InChI is InChI=1S/C18H26N6/c1-11-10-12(2)19-16-15(11)17(20-13-4-5-13)23-18(22-16)21-14-6-8-24(3)9-7-14/h10,13-14H,4-9H2,1-3H3,(H2,19,20,21,22,23). The molecule has 0 amide bonds. The average molecular weight is 326 g/mol. The lowest BCUT2D eigenvalue weighted by molar-refractivity contribution is 0.263. The van der Waals surface area contributed by atoms with E-state index >= 15 is 0 Å². The molecule has 6 nitrogen and oxygen atoms in total. The highest BCUT2D eigenvalue weighted by atomic mass is 15.2. The third kappa shape index (κ3) is 3.29. The predicted octanol–water partition coefficient (Wildman–Crippen LogP) is 2.72. The molecule has 1 aliphatic carbocycles. The summed E-state index contributed by atoms with van der Waals surface area (Å²) < 4.78 is 0. The molecule has 6 heteroatoms. The van der Waals surface area contributed by atoms with E-state index in [9.17, 15) is 0 Å². The van der Waals surface area contributed by atoms with Gasteiger partial charge in [0.2, 0.25) is 5.95 Å². The van der Waals surface area contributed by atoms with Crippen molar-refractivity contribution in [2.75, 3.05) is 30.8 Å². The number of likely N-dealkylation sites (tertiary alicyclic amines) is 1. The van der Waals surface area contributed by atoms with Gasteiger partial charge in [-0.1, -0.05) is 0 Å². The Labute approximate surface area is 143 Å². The topological polar surface area (TPSA) is 66.0 Å². The summed E-state index contributed by atoms with van der Waals surface area (Å²) in [4.78, 5) is 16.5. The molecular weight excluding hydrogens is 300 g/mol. The van der Waals surface area contributed by atoms with E-state index in [-0.39, 0.29) is 0 Å². The number of anilines is 2. The number of fused-ring (bicyclic) bond motifs is 1. The van der Waals surface area contributed by atoms with Crippen molar-refractivity contribution in [3.05, 3.63) is 17.3 Å². The lowest BCUT2D eigenvalue weighted by Crippen LogP contribution is -2.37. The Bertz CT molecular complexity index is 747. The SMILES string of the molecule is Cc1cc(C)c2c(NC3CC3)nc(NC3CCN(C)CC3)nc2n1. The number of piperidine rings is 1. The number of rotatable bonds is 4. The largest absolute Gasteiger partial charge is 0.367 e. The van der Waals surface area contributed by atoms with Gasteiger partial charge in [-0.15, -0.1) is 0 Å². The van der Waals surface area contributed by atoms with Crippen molar-refractivity contribution in [2.24, 2.45) is 0 Å². The van der Waals surface area contributed by atoms with Crippen LogP contribution in [0.4, 0.5) is 11.8 Å². The van der Waals surface area contributed by atoms with Crippen LogP contribution in [0.2, 0.25) is 0 Å². The first kappa shape index (κ1) is 15.6. The number of nitrogens with one attached hydrogen (secondary N) is 2. The number of aryl methyl sites for hydroxylation is 2. The fourth-order valence-corrected chi connectivity index (χ4v) is 3.40. The van der Waals surface area contributed by atoms with E-state index in [2.05, 4.69) is 40.6 Å². The zero-order valence-electron chi connectivity index (χ0n) is 14.8. The van der Waals surface area contributed by atoms with Crippen molar-refractivity contribution < 1.29 is 0 Å². The van der Waals surface area contributed by atoms with Crippen molar-refractivity contribution in [3.63, 3.8) is 0 Å². The molecule has 128 valence electrons. The lowest BCUT2D eigenvalue weighted by Gasteiger charge is -2.29. The summed E-state index contributed by atoms with van der Waals surface area (Å²) in [6, 6.07) is 3.10. The summed E-state index contributed by atoms with van der Waals surface area (Å²) in [7, 11) is 2.18. The summed E-state index contributed by atoms with van der Waals surface area (Å²) in [5, 5.41) is 8.16. The molecular formula is C18H26N6. The number of aromatic nitrogens is 3. The third-order valence-electron chi connectivity index (χ3n) is 4.96. The minimum atomic E-state index is 0.443. The Morgan fingerprint density at radius 2 is 1.67 bits per heavy atom. The molecule has 0 unspecified atom stereocenters. The molecule has 4 rings (SSSR count). The number of pyridine rings is 1. The number of nitrogens with zero attached hydrogens (tertiary/aromatic N) is 4. The Morgan fingerprint density at radius 3 is 2.38 bits per heavy atom. The van der Waals surface area contributed by atoms with Crippen LogP contribution in [-0.2, 0) is 0 Å². The first-order valence-corrected chi connectivity index (χ1v) is 8.96. The van der Waals surface area contributed by atoms with Crippen LogP contribution in [0.3, 0.4) is 0 Å². The molecule has 2 fully saturated rings. The molecule has 0 atom stereocenters. The molecule has 1 saturated carbocycles. The van der Waals surface area contributed by atoms with Gasteiger partial charge in [0.25, 0.3) is 0 Å². The van der Waals surface area contributed by atoms with Crippen LogP contribution >= 0.6 is 0 Å². The average Bonchev–Trinajstić information content (AvgIpc) is 3.32. The van der Waals surface area contributed by atoms with Crippen molar-refractivity contribution in [1.82, 2.24) is 19.9 Å². The molecule has 2 aromatic heterocycles. The second-order valence-corrected chi connectivity index (χ2v) is 7.32. The minimum Gasteiger partial charge on any atom is -0.367 e. The van der Waals surface area contributed by atoms with Crippen molar-refractivity contribution >= 4 is 22.8 Å². The highest BCUT2D eigenvalue weighted by molar-refractivity contribution is 5.90. The first-order chi connectivity index (χ1) is 11.6. The maximum atomic E-state index is 4.80. The predicted molar refractivity (Wildman–Crippen MR) is 97.6 cm³/mol. The van der Waals surface area contributed by atoms with Crippen molar-refractivity contribution in [2.45, 2.75) is 51.6 Å². The Kier molecular flexibility index (Phi) is 4.00. The number of hydrogen-bond donors (Lipinski definition) is 2. The summed E-state index contributed by atoms with van der Waals surface area (Å²) in [6.07, 6.45) is 4.70. The Morgan fingerprint density at radius 1 is 0.958 bits per heavy atom. The highest BCUT2D eigenvalue weighted by Crippen LogP contribution is 2.30. The van der Waals surface area contributed by atoms with E-state index in [1.165, 1.54) is 18.4 Å². The van der Waals surface area contributed by atoms with Gasteiger partial charge in [0.05, 0.1) is 5.39 Å². The molecule has 2 N–H and O–H groups in total. The quantitative estimate of drug-likeness (QED) is 0.900. The molecule has 0 spiro atoms. The molecule has 1 aliphatic heterocycles. The van der Waals surface area contributed by atoms with E-state index in [1.54, 1.807) is 0 Å². The molecule has 3 heterocycles. The third-order valence-corrected chi connectivity index (χ3v) is 4.96. The van der Waals surface area contributed by atoms with Crippen LogP contribution in [0.25, 0.3) is 11.0 Å². The second kappa shape index (κ2) is 6.16. The molecule has 0 radical (unpaired) electrons. The minimum absolute atomic E-state index is 0.443. The van der Waals surface area contributed by atoms with Crippen LogP contribution in [0.15, 0.2) is 6.07 Å². The van der Waals surface area contributed by atoms with Crippen LogP contribution < -0.4 is 10.6 Å². The van der Waals surface area contributed by atoms with Gasteiger partial charge in [0, 0.05) is 17.8 Å². The maximum absolute atomic E-state index is 4.80. The Balaban J connectivity index is 1.67. The highest BCUT2D eigenvalue weighted by Gasteiger charge is 2.24. The fraction of sp³-hybridized carbons (Fsp3) is 0.611. The van der Waals surface area contributed by atoms with E-state index in [1.807, 2.05) is 6.92 Å². The van der Waals surface area contributed by atoms with Gasteiger partial charge in [0.15, 0.2) is 5.65 Å². The van der Waals surface area contributed by atoms with E-state index in [4.69, 9.17) is 9.97 Å². The smallest absolute Gasteiger partial charge is 0.226 e. The van der Waals surface area contributed by atoms with Crippen molar-refractivity contribution in [1.29, 1.82) is 0 Å². The lowest BCUT2D eigenvalue weighted by atomic mass is 10.1. The maximum Gasteiger partial charge on any atom is 0.226 e. The summed E-state index contributed by atoms with van der Waals surface area (Å²) in [5.74, 6) is 1.64. The number of hydrogen-bond acceptors (Lipinski definition) is 6. The van der Waals surface area contributed by atoms with Crippen LogP contribution in [0.1, 0.15) is 36.9 Å². The van der Waals surface area contributed by atoms with Crippen LogP contribution in [-0.4, -0.2) is 52.1 Å². The molecule has 0 bridgehead atoms. The molecule has 24 heavy (non-hydrogen) atoms. The van der Waals surface area contributed by atoms with E-state index in [0.29, 0.717) is 18.0 Å². The van der Waals surface area contributed by atoms with Gasteiger partial charge in [0.1, 0.15) is 5.82 Å². The molecule has 2 aliphatic rings. The normalized spacial score (nSPS) is 19.6. The summed E-state index contributed by atoms with van der Waals surface area (Å²) in [5.41, 5.74) is 2.98. The van der Waals surface area contributed by atoms with Gasteiger partial charge < -0.3 is 15.5 Å².